The molecule has 0 aliphatic heterocycles. The fourth-order valence-electron chi connectivity index (χ4n) is 2.55. The minimum absolute atomic E-state index is 0.00713. The van der Waals surface area contributed by atoms with Crippen molar-refractivity contribution in [2.24, 2.45) is 7.05 Å². The molecule has 0 amide bonds. The molecule has 0 radical (unpaired) electrons. The SMILES string of the molecule is CCOc1cc(-c2cc(-c3ccc(O)cc3O)nn2C)ccc1O. The zero-order chi connectivity index (χ0) is 17.3. The molecule has 1 heterocycles. The number of hydrogen-bond donors (Lipinski definition) is 3. The van der Waals surface area contributed by atoms with E-state index in [-0.39, 0.29) is 17.2 Å². The van der Waals surface area contributed by atoms with Crippen molar-refractivity contribution < 1.29 is 20.1 Å². The molecule has 0 saturated carbocycles. The number of nitrogens with zero attached hydrogens (tertiary/aromatic N) is 2. The van der Waals surface area contributed by atoms with E-state index in [1.54, 1.807) is 36.0 Å². The van der Waals surface area contributed by atoms with Gasteiger partial charge in [0.25, 0.3) is 0 Å². The largest absolute Gasteiger partial charge is 0.508 e. The summed E-state index contributed by atoms with van der Waals surface area (Å²) < 4.78 is 7.10. The maximum absolute atomic E-state index is 10.0. The van der Waals surface area contributed by atoms with Crippen LogP contribution in [0.4, 0.5) is 0 Å². The minimum Gasteiger partial charge on any atom is -0.508 e. The Balaban J connectivity index is 2.05. The van der Waals surface area contributed by atoms with Crippen molar-refractivity contribution in [3.05, 3.63) is 42.5 Å². The zero-order valence-electron chi connectivity index (χ0n) is 13.4. The highest BCUT2D eigenvalue weighted by atomic mass is 16.5. The first-order valence-corrected chi connectivity index (χ1v) is 7.52. The second-order valence-corrected chi connectivity index (χ2v) is 5.36. The van der Waals surface area contributed by atoms with Gasteiger partial charge in [0.15, 0.2) is 11.5 Å². The number of hydrogen-bond acceptors (Lipinski definition) is 5. The Kier molecular flexibility index (Phi) is 4.04. The first kappa shape index (κ1) is 15.7. The number of benzene rings is 2. The summed E-state index contributed by atoms with van der Waals surface area (Å²) in [5.74, 6) is 0.442. The lowest BCUT2D eigenvalue weighted by Crippen LogP contribution is -1.96. The lowest BCUT2D eigenvalue weighted by molar-refractivity contribution is 0.318. The highest BCUT2D eigenvalue weighted by Gasteiger charge is 2.14. The normalized spacial score (nSPS) is 10.8. The van der Waals surface area contributed by atoms with Gasteiger partial charge in [0.05, 0.1) is 18.0 Å². The quantitative estimate of drug-likeness (QED) is 0.685. The Morgan fingerprint density at radius 2 is 1.79 bits per heavy atom. The first-order chi connectivity index (χ1) is 11.5. The molecule has 0 atom stereocenters. The van der Waals surface area contributed by atoms with E-state index in [4.69, 9.17) is 4.74 Å². The Labute approximate surface area is 139 Å². The van der Waals surface area contributed by atoms with E-state index < -0.39 is 0 Å². The van der Waals surface area contributed by atoms with Crippen LogP contribution >= 0.6 is 0 Å². The van der Waals surface area contributed by atoms with Crippen LogP contribution in [0, 0.1) is 0 Å². The second-order valence-electron chi connectivity index (χ2n) is 5.36. The fourth-order valence-corrected chi connectivity index (χ4v) is 2.55. The summed E-state index contributed by atoms with van der Waals surface area (Å²) in [5, 5.41) is 33.7. The Hall–Kier alpha value is -3.15. The molecule has 24 heavy (non-hydrogen) atoms. The van der Waals surface area contributed by atoms with E-state index in [0.29, 0.717) is 23.6 Å². The highest BCUT2D eigenvalue weighted by molar-refractivity contribution is 5.74. The third-order valence-electron chi connectivity index (χ3n) is 3.69. The van der Waals surface area contributed by atoms with Gasteiger partial charge in [-0.2, -0.15) is 5.10 Å². The van der Waals surface area contributed by atoms with E-state index in [1.807, 2.05) is 13.0 Å². The third-order valence-corrected chi connectivity index (χ3v) is 3.69. The van der Waals surface area contributed by atoms with Gasteiger partial charge in [-0.25, -0.2) is 0 Å². The summed E-state index contributed by atoms with van der Waals surface area (Å²) in [7, 11) is 1.80. The number of rotatable bonds is 4. The van der Waals surface area contributed by atoms with Crippen LogP contribution in [0.1, 0.15) is 6.92 Å². The van der Waals surface area contributed by atoms with Gasteiger partial charge < -0.3 is 20.1 Å². The highest BCUT2D eigenvalue weighted by Crippen LogP contribution is 2.35. The molecular formula is C18H18N2O4. The average molecular weight is 326 g/mol. The molecule has 0 bridgehead atoms. The standard InChI is InChI=1S/C18H18N2O4/c1-3-24-18-8-11(4-7-16(18)22)15-10-14(19-20(15)2)13-6-5-12(21)9-17(13)23/h4-10,21-23H,3H2,1-2H3. The summed E-state index contributed by atoms with van der Waals surface area (Å²) >= 11 is 0. The molecule has 0 spiro atoms. The van der Waals surface area contributed by atoms with Crippen molar-refractivity contribution >= 4 is 0 Å². The summed E-state index contributed by atoms with van der Waals surface area (Å²) in [5.41, 5.74) is 2.74. The maximum atomic E-state index is 10.0. The van der Waals surface area contributed by atoms with Crippen molar-refractivity contribution in [3.63, 3.8) is 0 Å². The number of phenolic OH excluding ortho intramolecular Hbond substituents is 3. The lowest BCUT2D eigenvalue weighted by Gasteiger charge is -2.08. The second kappa shape index (κ2) is 6.16. The van der Waals surface area contributed by atoms with Gasteiger partial charge in [0.2, 0.25) is 0 Å². The minimum atomic E-state index is -0.0413. The molecule has 0 aliphatic carbocycles. The van der Waals surface area contributed by atoms with Gasteiger partial charge >= 0.3 is 0 Å². The van der Waals surface area contributed by atoms with Crippen LogP contribution in [0.25, 0.3) is 22.5 Å². The molecule has 0 unspecified atom stereocenters. The van der Waals surface area contributed by atoms with Crippen LogP contribution < -0.4 is 4.74 Å². The van der Waals surface area contributed by atoms with E-state index in [0.717, 1.165) is 11.3 Å². The maximum Gasteiger partial charge on any atom is 0.161 e. The van der Waals surface area contributed by atoms with Crippen molar-refractivity contribution in [1.82, 2.24) is 9.78 Å². The van der Waals surface area contributed by atoms with Crippen LogP contribution in [0.3, 0.4) is 0 Å². The smallest absolute Gasteiger partial charge is 0.161 e. The van der Waals surface area contributed by atoms with Crippen LogP contribution in [0.5, 0.6) is 23.0 Å². The van der Waals surface area contributed by atoms with Crippen LogP contribution in [0.15, 0.2) is 42.5 Å². The predicted octanol–water partition coefficient (Wildman–Crippen LogP) is 3.27. The molecule has 0 fully saturated rings. The molecule has 0 saturated heterocycles. The first-order valence-electron chi connectivity index (χ1n) is 7.52. The molecule has 124 valence electrons. The molecule has 3 aromatic rings. The van der Waals surface area contributed by atoms with Gasteiger partial charge in [0, 0.05) is 24.2 Å². The summed E-state index contributed by atoms with van der Waals surface area (Å²) in [4.78, 5) is 0. The number of aromatic nitrogens is 2. The van der Waals surface area contributed by atoms with Gasteiger partial charge in [-0.15, -0.1) is 0 Å². The van der Waals surface area contributed by atoms with Crippen LogP contribution in [-0.2, 0) is 7.05 Å². The van der Waals surface area contributed by atoms with Gasteiger partial charge in [-0.05, 0) is 43.3 Å². The Morgan fingerprint density at radius 3 is 2.50 bits per heavy atom. The van der Waals surface area contributed by atoms with Crippen LogP contribution in [0.2, 0.25) is 0 Å². The molecular weight excluding hydrogens is 308 g/mol. The average Bonchev–Trinajstić information content (AvgIpc) is 2.91. The number of phenols is 3. The molecule has 0 aliphatic rings. The zero-order valence-corrected chi connectivity index (χ0v) is 13.4. The van der Waals surface area contributed by atoms with Gasteiger partial charge in [0.1, 0.15) is 11.5 Å². The fraction of sp³-hybridized carbons (Fsp3) is 0.167. The predicted molar refractivity (Wildman–Crippen MR) is 90.2 cm³/mol. The molecule has 1 aromatic heterocycles. The van der Waals surface area contributed by atoms with E-state index in [1.165, 1.54) is 12.1 Å². The molecule has 2 aromatic carbocycles. The molecule has 6 nitrogen and oxygen atoms in total. The monoisotopic (exact) mass is 326 g/mol. The van der Waals surface area contributed by atoms with Gasteiger partial charge in [-0.3, -0.25) is 4.68 Å². The van der Waals surface area contributed by atoms with Crippen molar-refractivity contribution in [3.8, 4) is 45.5 Å². The van der Waals surface area contributed by atoms with Crippen molar-refractivity contribution in [1.29, 1.82) is 0 Å². The van der Waals surface area contributed by atoms with Crippen molar-refractivity contribution in [2.75, 3.05) is 6.61 Å². The van der Waals surface area contributed by atoms with E-state index >= 15 is 0 Å². The van der Waals surface area contributed by atoms with E-state index in [9.17, 15) is 15.3 Å². The molecule has 6 heteroatoms. The number of aryl methyl sites for hydroxylation is 1. The molecule has 3 N–H and O–H groups in total. The lowest BCUT2D eigenvalue weighted by atomic mass is 10.1. The number of aromatic hydroxyl groups is 3. The van der Waals surface area contributed by atoms with Crippen LogP contribution in [-0.4, -0.2) is 31.7 Å². The topological polar surface area (TPSA) is 87.7 Å². The Morgan fingerprint density at radius 1 is 1.00 bits per heavy atom. The van der Waals surface area contributed by atoms with E-state index in [2.05, 4.69) is 5.10 Å². The number of ether oxygens (including phenoxy) is 1. The van der Waals surface area contributed by atoms with Crippen molar-refractivity contribution in [2.45, 2.75) is 6.92 Å². The summed E-state index contributed by atoms with van der Waals surface area (Å²) in [6.45, 7) is 2.30. The molecule has 3 rings (SSSR count). The third kappa shape index (κ3) is 2.86. The van der Waals surface area contributed by atoms with Gasteiger partial charge in [-0.1, -0.05) is 0 Å². The summed E-state index contributed by atoms with van der Waals surface area (Å²) in [6.07, 6.45) is 0. The summed E-state index contributed by atoms with van der Waals surface area (Å²) in [6, 6.07) is 11.3. The Bertz CT molecular complexity index is 887.